The van der Waals surface area contributed by atoms with Crippen molar-refractivity contribution in [3.05, 3.63) is 59.0 Å². The van der Waals surface area contributed by atoms with E-state index in [4.69, 9.17) is 10.3 Å². The summed E-state index contributed by atoms with van der Waals surface area (Å²) < 4.78 is 5.84. The summed E-state index contributed by atoms with van der Waals surface area (Å²) >= 11 is 0. The summed E-state index contributed by atoms with van der Waals surface area (Å²) in [6.07, 6.45) is 4.88. The molecule has 3 heteroatoms. The van der Waals surface area contributed by atoms with Crippen molar-refractivity contribution < 1.29 is 4.42 Å². The molecule has 3 N–H and O–H groups in total. The highest BCUT2D eigenvalue weighted by molar-refractivity contribution is 5.33. The van der Waals surface area contributed by atoms with Gasteiger partial charge >= 0.3 is 0 Å². The van der Waals surface area contributed by atoms with Gasteiger partial charge in [-0.1, -0.05) is 37.6 Å². The summed E-state index contributed by atoms with van der Waals surface area (Å²) in [6, 6.07) is 12.7. The third-order valence-corrected chi connectivity index (χ3v) is 4.30. The largest absolute Gasteiger partial charge is 0.464 e. The minimum Gasteiger partial charge on any atom is -0.464 e. The lowest BCUT2D eigenvalue weighted by molar-refractivity contribution is 0.415. The lowest BCUT2D eigenvalue weighted by Crippen LogP contribution is -2.28. The molecule has 1 aliphatic rings. The fraction of sp³-hybridized carbons (Fsp3) is 0.412. The molecule has 1 unspecified atom stereocenters. The van der Waals surface area contributed by atoms with Crippen LogP contribution in [0.25, 0.3) is 0 Å². The van der Waals surface area contributed by atoms with Crippen molar-refractivity contribution in [3.63, 3.8) is 0 Å². The van der Waals surface area contributed by atoms with Crippen LogP contribution in [0.1, 0.15) is 60.8 Å². The molecule has 1 aromatic heterocycles. The van der Waals surface area contributed by atoms with Gasteiger partial charge in [-0.25, -0.2) is 5.43 Å². The molecule has 0 aliphatic heterocycles. The molecule has 3 nitrogen and oxygen atoms in total. The zero-order chi connectivity index (χ0) is 13.9. The number of nitrogens with one attached hydrogen (secondary N) is 1. The average Bonchev–Trinajstić information content (AvgIpc) is 2.87. The van der Waals surface area contributed by atoms with E-state index in [0.29, 0.717) is 0 Å². The van der Waals surface area contributed by atoms with Crippen molar-refractivity contribution in [1.29, 1.82) is 0 Å². The van der Waals surface area contributed by atoms with E-state index in [1.807, 2.05) is 12.1 Å². The van der Waals surface area contributed by atoms with Crippen LogP contribution in [0, 0.1) is 0 Å². The Balaban J connectivity index is 1.88. The van der Waals surface area contributed by atoms with Crippen LogP contribution in [0.15, 0.2) is 40.8 Å². The Labute approximate surface area is 120 Å². The van der Waals surface area contributed by atoms with Crippen molar-refractivity contribution in [3.8, 4) is 0 Å². The summed E-state index contributed by atoms with van der Waals surface area (Å²) in [5, 5.41) is 0. The second-order valence-corrected chi connectivity index (χ2v) is 5.56. The second kappa shape index (κ2) is 5.81. The van der Waals surface area contributed by atoms with Crippen molar-refractivity contribution in [2.75, 3.05) is 0 Å². The number of hydrogen-bond donors (Lipinski definition) is 2. The van der Waals surface area contributed by atoms with E-state index in [1.165, 1.54) is 30.4 Å². The zero-order valence-corrected chi connectivity index (χ0v) is 11.9. The molecule has 0 bridgehead atoms. The zero-order valence-electron chi connectivity index (χ0n) is 11.9. The van der Waals surface area contributed by atoms with Crippen LogP contribution in [0.3, 0.4) is 0 Å². The molecule has 1 fully saturated rings. The van der Waals surface area contributed by atoms with E-state index in [0.717, 1.165) is 23.9 Å². The van der Waals surface area contributed by atoms with Gasteiger partial charge in [0.15, 0.2) is 0 Å². The third-order valence-electron chi connectivity index (χ3n) is 4.30. The molecule has 0 saturated heterocycles. The van der Waals surface area contributed by atoms with Gasteiger partial charge < -0.3 is 4.42 Å². The van der Waals surface area contributed by atoms with Crippen LogP contribution in [-0.4, -0.2) is 0 Å². The van der Waals surface area contributed by atoms with E-state index in [1.54, 1.807) is 0 Å². The monoisotopic (exact) mass is 270 g/mol. The maximum atomic E-state index is 5.84. The lowest BCUT2D eigenvalue weighted by Gasteiger charge is -2.26. The SMILES string of the molecule is CCc1ccc(C(NN)c2cccc(C3CCC3)c2)o1. The highest BCUT2D eigenvalue weighted by Gasteiger charge is 2.22. The molecule has 0 radical (unpaired) electrons. The number of rotatable bonds is 5. The summed E-state index contributed by atoms with van der Waals surface area (Å²) in [5.74, 6) is 8.36. The molecule has 1 atom stereocenters. The quantitative estimate of drug-likeness (QED) is 0.644. The van der Waals surface area contributed by atoms with Gasteiger partial charge in [-0.3, -0.25) is 5.84 Å². The maximum absolute atomic E-state index is 5.84. The van der Waals surface area contributed by atoms with Gasteiger partial charge in [0.1, 0.15) is 17.6 Å². The standard InChI is InChI=1S/C17H22N2O/c1-2-15-9-10-16(20-15)17(19-18)14-8-4-7-13(11-14)12-5-3-6-12/h4,7-12,17,19H,2-3,5-6,18H2,1H3. The van der Waals surface area contributed by atoms with Crippen LogP contribution in [0.4, 0.5) is 0 Å². The fourth-order valence-electron chi connectivity index (χ4n) is 2.82. The molecule has 3 rings (SSSR count). The first-order chi connectivity index (χ1) is 9.81. The van der Waals surface area contributed by atoms with E-state index in [-0.39, 0.29) is 6.04 Å². The predicted octanol–water partition coefficient (Wildman–Crippen LogP) is 3.66. The first-order valence-electron chi connectivity index (χ1n) is 7.46. The summed E-state index contributed by atoms with van der Waals surface area (Å²) in [4.78, 5) is 0. The van der Waals surface area contributed by atoms with Gasteiger partial charge in [0, 0.05) is 6.42 Å². The highest BCUT2D eigenvalue weighted by Crippen LogP contribution is 2.37. The van der Waals surface area contributed by atoms with Gasteiger partial charge in [0.2, 0.25) is 0 Å². The first-order valence-corrected chi connectivity index (χ1v) is 7.46. The van der Waals surface area contributed by atoms with E-state index in [2.05, 4.69) is 36.6 Å². The van der Waals surface area contributed by atoms with Gasteiger partial charge in [-0.15, -0.1) is 0 Å². The molecule has 20 heavy (non-hydrogen) atoms. The van der Waals surface area contributed by atoms with Gasteiger partial charge in [0.05, 0.1) is 0 Å². The van der Waals surface area contributed by atoms with Crippen molar-refractivity contribution in [2.24, 2.45) is 5.84 Å². The molecule has 0 amide bonds. The van der Waals surface area contributed by atoms with Gasteiger partial charge in [-0.2, -0.15) is 0 Å². The predicted molar refractivity (Wildman–Crippen MR) is 80.3 cm³/mol. The van der Waals surface area contributed by atoms with E-state index < -0.39 is 0 Å². The van der Waals surface area contributed by atoms with E-state index in [9.17, 15) is 0 Å². The van der Waals surface area contributed by atoms with Crippen LogP contribution in [0.2, 0.25) is 0 Å². The molecule has 1 saturated carbocycles. The second-order valence-electron chi connectivity index (χ2n) is 5.56. The van der Waals surface area contributed by atoms with Crippen LogP contribution in [-0.2, 0) is 6.42 Å². The molecule has 1 heterocycles. The molecular weight excluding hydrogens is 248 g/mol. The van der Waals surface area contributed by atoms with Crippen molar-refractivity contribution >= 4 is 0 Å². The maximum Gasteiger partial charge on any atom is 0.126 e. The normalized spacial score (nSPS) is 16.9. The minimum atomic E-state index is -0.0738. The van der Waals surface area contributed by atoms with Crippen molar-refractivity contribution in [1.82, 2.24) is 5.43 Å². The Morgan fingerprint density at radius 3 is 2.75 bits per heavy atom. The summed E-state index contributed by atoms with van der Waals surface area (Å²) in [7, 11) is 0. The molecular formula is C17H22N2O. The first kappa shape index (κ1) is 13.4. The Bertz CT molecular complexity index is 572. The van der Waals surface area contributed by atoms with Crippen LogP contribution in [0.5, 0.6) is 0 Å². The number of nitrogens with two attached hydrogens (primary N) is 1. The number of aryl methyl sites for hydroxylation is 1. The highest BCUT2D eigenvalue weighted by atomic mass is 16.3. The Hall–Kier alpha value is -1.58. The van der Waals surface area contributed by atoms with Crippen molar-refractivity contribution in [2.45, 2.75) is 44.6 Å². The minimum absolute atomic E-state index is 0.0738. The number of benzene rings is 1. The summed E-state index contributed by atoms with van der Waals surface area (Å²) in [6.45, 7) is 2.09. The molecule has 0 spiro atoms. The topological polar surface area (TPSA) is 51.2 Å². The van der Waals surface area contributed by atoms with Gasteiger partial charge in [-0.05, 0) is 42.0 Å². The molecule has 106 valence electrons. The number of furan rings is 1. The molecule has 1 aliphatic carbocycles. The Morgan fingerprint density at radius 1 is 1.30 bits per heavy atom. The Kier molecular flexibility index (Phi) is 3.90. The number of hydrazine groups is 1. The smallest absolute Gasteiger partial charge is 0.126 e. The third kappa shape index (κ3) is 2.51. The van der Waals surface area contributed by atoms with Gasteiger partial charge in [0.25, 0.3) is 0 Å². The fourth-order valence-corrected chi connectivity index (χ4v) is 2.82. The average molecular weight is 270 g/mol. The molecule has 2 aromatic rings. The van der Waals surface area contributed by atoms with Crippen LogP contribution >= 0.6 is 0 Å². The van der Waals surface area contributed by atoms with Crippen LogP contribution < -0.4 is 11.3 Å². The summed E-state index contributed by atoms with van der Waals surface area (Å²) in [5.41, 5.74) is 5.48. The number of hydrogen-bond acceptors (Lipinski definition) is 3. The van der Waals surface area contributed by atoms with E-state index >= 15 is 0 Å². The lowest BCUT2D eigenvalue weighted by atomic mass is 9.79. The Morgan fingerprint density at radius 2 is 2.15 bits per heavy atom. The molecule has 1 aromatic carbocycles.